The molecule has 41 heavy (non-hydrogen) atoms. The van der Waals surface area contributed by atoms with E-state index in [1.165, 1.54) is 0 Å². The van der Waals surface area contributed by atoms with Crippen LogP contribution in [0.3, 0.4) is 0 Å². The van der Waals surface area contributed by atoms with Gasteiger partial charge in [0.25, 0.3) is 0 Å². The maximum absolute atomic E-state index is 12.5. The zero-order chi connectivity index (χ0) is 27.6. The van der Waals surface area contributed by atoms with Crippen LogP contribution in [0.5, 0.6) is 11.5 Å². The zero-order valence-electron chi connectivity index (χ0n) is 21.8. The molecule has 0 amide bonds. The number of ether oxygens (including phenoxy) is 1. The Hall–Kier alpha value is -4.90. The van der Waals surface area contributed by atoms with E-state index < -0.39 is 5.60 Å². The lowest BCUT2D eigenvalue weighted by Crippen LogP contribution is -2.26. The molecule has 2 aromatic heterocycles. The molecule has 196 valence electrons. The summed E-state index contributed by atoms with van der Waals surface area (Å²) >= 11 is 6.20. The Labute approximate surface area is 241 Å². The predicted octanol–water partition coefficient (Wildman–Crippen LogP) is 8.89. The smallest absolute Gasteiger partial charge is 0.141 e. The van der Waals surface area contributed by atoms with Gasteiger partial charge in [-0.05, 0) is 65.2 Å². The number of fused-ring (bicyclic) bond motifs is 6. The minimum absolute atomic E-state index is 0.617. The van der Waals surface area contributed by atoms with Crippen molar-refractivity contribution >= 4 is 33.4 Å². The van der Waals surface area contributed by atoms with Crippen molar-refractivity contribution in [2.24, 2.45) is 0 Å². The molecule has 7 aromatic rings. The summed E-state index contributed by atoms with van der Waals surface area (Å²) in [5, 5.41) is 15.3. The van der Waals surface area contributed by atoms with Gasteiger partial charge in [-0.2, -0.15) is 0 Å². The first-order valence-electron chi connectivity index (χ1n) is 13.5. The van der Waals surface area contributed by atoms with Crippen LogP contribution in [0, 0.1) is 0 Å². The van der Waals surface area contributed by atoms with Crippen molar-refractivity contribution in [2.45, 2.75) is 5.60 Å². The number of aliphatic hydroxyl groups is 1. The highest BCUT2D eigenvalue weighted by Gasteiger charge is 2.43. The van der Waals surface area contributed by atoms with Crippen molar-refractivity contribution < 1.29 is 9.84 Å². The van der Waals surface area contributed by atoms with Crippen LogP contribution in [-0.4, -0.2) is 14.7 Å². The third-order valence-corrected chi connectivity index (χ3v) is 8.23. The maximum atomic E-state index is 12.5. The second-order valence-corrected chi connectivity index (χ2v) is 10.7. The third-order valence-electron chi connectivity index (χ3n) is 7.99. The molecule has 5 aromatic carbocycles. The van der Waals surface area contributed by atoms with Crippen LogP contribution >= 0.6 is 11.6 Å². The topological polar surface area (TPSA) is 47.3 Å². The average molecular weight is 551 g/mol. The van der Waals surface area contributed by atoms with Crippen LogP contribution in [-0.2, 0) is 5.60 Å². The van der Waals surface area contributed by atoms with E-state index in [4.69, 9.17) is 21.3 Å². The Morgan fingerprint density at radius 2 is 1.32 bits per heavy atom. The largest absolute Gasteiger partial charge is 0.457 e. The lowest BCUT2D eigenvalue weighted by Gasteiger charge is -2.27. The van der Waals surface area contributed by atoms with E-state index in [0.717, 1.165) is 49.6 Å². The lowest BCUT2D eigenvalue weighted by atomic mass is 9.85. The van der Waals surface area contributed by atoms with Gasteiger partial charge in [0.2, 0.25) is 0 Å². The summed E-state index contributed by atoms with van der Waals surface area (Å²) in [6, 6.07) is 41.8. The van der Waals surface area contributed by atoms with Crippen LogP contribution in [0.25, 0.3) is 38.8 Å². The monoisotopic (exact) mass is 550 g/mol. The van der Waals surface area contributed by atoms with Gasteiger partial charge < -0.3 is 9.84 Å². The second kappa shape index (κ2) is 9.07. The molecule has 1 N–H and O–H groups in total. The molecule has 0 aliphatic heterocycles. The highest BCUT2D eigenvalue weighted by molar-refractivity contribution is 6.30. The highest BCUT2D eigenvalue weighted by Crippen LogP contribution is 2.51. The molecule has 0 unspecified atom stereocenters. The second-order valence-electron chi connectivity index (χ2n) is 10.3. The number of pyridine rings is 1. The van der Waals surface area contributed by atoms with Crippen LogP contribution in [0.1, 0.15) is 16.7 Å². The number of benzene rings is 5. The summed E-state index contributed by atoms with van der Waals surface area (Å²) in [6.07, 6.45) is 1.78. The first-order chi connectivity index (χ1) is 20.1. The Morgan fingerprint density at radius 1 is 0.634 bits per heavy atom. The molecule has 0 fully saturated rings. The molecule has 5 heteroatoms. The van der Waals surface area contributed by atoms with Gasteiger partial charge in [0.05, 0.1) is 11.0 Å². The Kier molecular flexibility index (Phi) is 5.29. The Balaban J connectivity index is 1.33. The van der Waals surface area contributed by atoms with Crippen molar-refractivity contribution in [1.29, 1.82) is 0 Å². The molecule has 0 radical (unpaired) electrons. The van der Waals surface area contributed by atoms with Crippen LogP contribution < -0.4 is 4.74 Å². The van der Waals surface area contributed by atoms with E-state index in [2.05, 4.69) is 34.9 Å². The van der Waals surface area contributed by atoms with Gasteiger partial charge in [-0.3, -0.25) is 4.57 Å². The molecular formula is C36H23ClN2O2. The summed E-state index contributed by atoms with van der Waals surface area (Å²) < 4.78 is 8.33. The van der Waals surface area contributed by atoms with Crippen molar-refractivity contribution in [3.63, 3.8) is 0 Å². The molecule has 4 nitrogen and oxygen atoms in total. The van der Waals surface area contributed by atoms with Crippen molar-refractivity contribution in [1.82, 2.24) is 9.55 Å². The molecule has 0 saturated carbocycles. The van der Waals surface area contributed by atoms with Gasteiger partial charge in [0.1, 0.15) is 22.9 Å². The van der Waals surface area contributed by atoms with Gasteiger partial charge in [0, 0.05) is 39.2 Å². The number of aromatic nitrogens is 2. The number of nitrogens with zero attached hydrogens (tertiary/aromatic N) is 2. The predicted molar refractivity (Wildman–Crippen MR) is 164 cm³/mol. The Bertz CT molecular complexity index is 2090. The summed E-state index contributed by atoms with van der Waals surface area (Å²) in [4.78, 5) is 4.82. The summed E-state index contributed by atoms with van der Waals surface area (Å²) in [5.74, 6) is 2.07. The fraction of sp³-hybridized carbons (Fsp3) is 0.0278. The molecule has 2 heterocycles. The van der Waals surface area contributed by atoms with Gasteiger partial charge in [0.15, 0.2) is 0 Å². The van der Waals surface area contributed by atoms with Crippen LogP contribution in [0.15, 0.2) is 134 Å². The van der Waals surface area contributed by atoms with Gasteiger partial charge in [-0.25, -0.2) is 4.98 Å². The van der Waals surface area contributed by atoms with Gasteiger partial charge in [-0.1, -0.05) is 84.4 Å². The fourth-order valence-corrected chi connectivity index (χ4v) is 6.40. The zero-order valence-corrected chi connectivity index (χ0v) is 22.6. The standard InChI is InChI=1S/C36H23ClN2O2/c37-24-8-7-9-25(21-24)41-26-16-17-30-29-12-3-6-15-33(29)39(34(30)22-26)35-20-23(18-19-38-35)36(40)31-13-4-1-10-27(31)28-11-2-5-14-32(28)36/h1-22,40H. The van der Waals surface area contributed by atoms with Gasteiger partial charge in [-0.15, -0.1) is 0 Å². The molecule has 8 rings (SSSR count). The van der Waals surface area contributed by atoms with Crippen LogP contribution in [0.2, 0.25) is 5.02 Å². The number of rotatable bonds is 4. The highest BCUT2D eigenvalue weighted by atomic mass is 35.5. The van der Waals surface area contributed by atoms with Crippen molar-refractivity contribution in [3.8, 4) is 28.4 Å². The summed E-state index contributed by atoms with van der Waals surface area (Å²) in [5.41, 5.74) is 5.27. The number of para-hydroxylation sites is 1. The maximum Gasteiger partial charge on any atom is 0.141 e. The molecular weight excluding hydrogens is 528 g/mol. The molecule has 0 saturated heterocycles. The Morgan fingerprint density at radius 3 is 2.10 bits per heavy atom. The van der Waals surface area contributed by atoms with E-state index >= 15 is 0 Å². The molecule has 0 atom stereocenters. The van der Waals surface area contributed by atoms with Crippen LogP contribution in [0.4, 0.5) is 0 Å². The first-order valence-corrected chi connectivity index (χ1v) is 13.8. The molecule has 1 aliphatic rings. The van der Waals surface area contributed by atoms with Crippen molar-refractivity contribution in [3.05, 3.63) is 155 Å². The SMILES string of the molecule is OC1(c2ccnc(-n3c4ccccc4c4ccc(Oc5cccc(Cl)c5)cc43)c2)c2ccccc2-c2ccccc21. The number of hydrogen-bond donors (Lipinski definition) is 1. The van der Waals surface area contributed by atoms with E-state index in [9.17, 15) is 5.11 Å². The normalized spacial score (nSPS) is 13.3. The molecule has 0 bridgehead atoms. The minimum Gasteiger partial charge on any atom is -0.457 e. The van der Waals surface area contributed by atoms with Crippen molar-refractivity contribution in [2.75, 3.05) is 0 Å². The first kappa shape index (κ1) is 23.9. The fourth-order valence-electron chi connectivity index (χ4n) is 6.22. The molecule has 0 spiro atoms. The number of halogens is 1. The van der Waals surface area contributed by atoms with E-state index in [0.29, 0.717) is 22.3 Å². The summed E-state index contributed by atoms with van der Waals surface area (Å²) in [6.45, 7) is 0. The minimum atomic E-state index is -1.30. The van der Waals surface area contributed by atoms with Gasteiger partial charge >= 0.3 is 0 Å². The average Bonchev–Trinajstić information content (AvgIpc) is 3.48. The van der Waals surface area contributed by atoms with E-state index in [1.54, 1.807) is 12.3 Å². The lowest BCUT2D eigenvalue weighted by molar-refractivity contribution is 0.130. The van der Waals surface area contributed by atoms with E-state index in [1.807, 2.05) is 91.0 Å². The quantitative estimate of drug-likeness (QED) is 0.238. The third kappa shape index (κ3) is 3.62. The number of hydrogen-bond acceptors (Lipinski definition) is 3. The molecule has 1 aliphatic carbocycles. The summed E-state index contributed by atoms with van der Waals surface area (Å²) in [7, 11) is 0. The van der Waals surface area contributed by atoms with E-state index in [-0.39, 0.29) is 0 Å².